The molecule has 0 aromatic carbocycles. The third kappa shape index (κ3) is 13.8. The van der Waals surface area contributed by atoms with Crippen molar-refractivity contribution in [3.63, 3.8) is 0 Å². The van der Waals surface area contributed by atoms with Crippen LogP contribution in [0.15, 0.2) is 0 Å². The number of nitrogens with zero attached hydrogens (tertiary/aromatic N) is 1. The fraction of sp³-hybridized carbons (Fsp3) is 0.773. The second-order valence-corrected chi connectivity index (χ2v) is 7.67. The molecule has 1 heterocycles. The fourth-order valence-electron chi connectivity index (χ4n) is 2.93. The van der Waals surface area contributed by atoms with Gasteiger partial charge in [-0.1, -0.05) is 0 Å². The number of imide groups is 1. The van der Waals surface area contributed by atoms with Crippen molar-refractivity contribution in [2.45, 2.75) is 51.0 Å². The zero-order chi connectivity index (χ0) is 25.9. The summed E-state index contributed by atoms with van der Waals surface area (Å²) < 4.78 is 20.2. The van der Waals surface area contributed by atoms with Crippen LogP contribution in [0.4, 0.5) is 0 Å². The smallest absolute Gasteiger partial charge is 0.355 e. The van der Waals surface area contributed by atoms with Crippen molar-refractivity contribution in [2.24, 2.45) is 0 Å². The number of unbranched alkanes of at least 4 members (excludes halogenated alkanes) is 1. The Hall–Kier alpha value is -2.61. The van der Waals surface area contributed by atoms with Crippen molar-refractivity contribution in [3.8, 4) is 0 Å². The van der Waals surface area contributed by atoms with Crippen LogP contribution >= 0.6 is 0 Å². The van der Waals surface area contributed by atoms with E-state index in [4.69, 9.17) is 23.8 Å². The third-order valence-corrected chi connectivity index (χ3v) is 4.86. The van der Waals surface area contributed by atoms with Gasteiger partial charge in [-0.15, -0.1) is 5.06 Å². The maximum Gasteiger partial charge on any atom is 0.355 e. The van der Waals surface area contributed by atoms with Crippen LogP contribution in [-0.4, -0.2) is 101 Å². The van der Waals surface area contributed by atoms with E-state index in [1.54, 1.807) is 7.11 Å². The summed E-state index contributed by atoms with van der Waals surface area (Å²) in [5.41, 5.74) is 0. The summed E-state index contributed by atoms with van der Waals surface area (Å²) in [5, 5.41) is 5.77. The number of carbonyl (C=O) groups is 5. The molecule has 1 fully saturated rings. The minimum absolute atomic E-state index is 0.0115. The van der Waals surface area contributed by atoms with Crippen molar-refractivity contribution in [2.75, 3.05) is 60.4 Å². The molecule has 13 heteroatoms. The molecule has 1 rings (SSSR count). The van der Waals surface area contributed by atoms with Gasteiger partial charge in [0.05, 0.1) is 39.6 Å². The van der Waals surface area contributed by atoms with Crippen molar-refractivity contribution < 1.29 is 47.8 Å². The molecular formula is C22H37N3O10. The first-order valence-electron chi connectivity index (χ1n) is 11.7. The molecular weight excluding hydrogens is 466 g/mol. The lowest BCUT2D eigenvalue weighted by Gasteiger charge is -2.20. The molecule has 0 radical (unpaired) electrons. The molecule has 1 aliphatic heterocycles. The van der Waals surface area contributed by atoms with Gasteiger partial charge >= 0.3 is 5.97 Å². The van der Waals surface area contributed by atoms with Crippen LogP contribution in [0.2, 0.25) is 0 Å². The van der Waals surface area contributed by atoms with E-state index < -0.39 is 29.7 Å². The Balaban J connectivity index is 2.43. The molecule has 0 saturated carbocycles. The maximum absolute atomic E-state index is 12.6. The minimum atomic E-state index is -1.06. The second-order valence-electron chi connectivity index (χ2n) is 7.67. The molecule has 0 bridgehead atoms. The first kappa shape index (κ1) is 30.4. The van der Waals surface area contributed by atoms with Crippen molar-refractivity contribution in [1.29, 1.82) is 0 Å². The molecule has 35 heavy (non-hydrogen) atoms. The van der Waals surface area contributed by atoms with Crippen molar-refractivity contribution in [1.82, 2.24) is 15.7 Å². The number of amides is 4. The van der Waals surface area contributed by atoms with Crippen molar-refractivity contribution in [3.05, 3.63) is 0 Å². The lowest BCUT2D eigenvalue weighted by Crippen LogP contribution is -2.45. The Morgan fingerprint density at radius 1 is 0.829 bits per heavy atom. The van der Waals surface area contributed by atoms with E-state index in [0.717, 1.165) is 0 Å². The summed E-state index contributed by atoms with van der Waals surface area (Å²) in [7, 11) is 3.10. The Labute approximate surface area is 205 Å². The predicted molar refractivity (Wildman–Crippen MR) is 121 cm³/mol. The summed E-state index contributed by atoms with van der Waals surface area (Å²) in [6.45, 7) is 2.41. The molecule has 0 spiro atoms. The molecule has 1 atom stereocenters. The second kappa shape index (κ2) is 18.7. The Morgan fingerprint density at radius 2 is 1.40 bits per heavy atom. The van der Waals surface area contributed by atoms with Gasteiger partial charge in [0.25, 0.3) is 11.8 Å². The Kier molecular flexibility index (Phi) is 16.2. The number of rotatable bonds is 20. The Morgan fingerprint density at radius 3 is 1.97 bits per heavy atom. The maximum atomic E-state index is 12.6. The van der Waals surface area contributed by atoms with E-state index in [9.17, 15) is 24.0 Å². The van der Waals surface area contributed by atoms with Crippen LogP contribution in [0.25, 0.3) is 0 Å². The number of nitrogens with one attached hydrogen (secondary N) is 2. The SMILES string of the molecule is COCCOCCC(=O)NCCCCC(NC(=O)CCOCCOC)C(=O)ON1C(=O)CCC1=O. The number of hydroxylamine groups is 2. The highest BCUT2D eigenvalue weighted by atomic mass is 16.7. The van der Waals surface area contributed by atoms with E-state index in [0.29, 0.717) is 50.9 Å². The lowest BCUT2D eigenvalue weighted by atomic mass is 10.1. The molecule has 1 saturated heterocycles. The number of methoxy groups -OCH3 is 2. The highest BCUT2D eigenvalue weighted by Crippen LogP contribution is 2.14. The molecule has 1 aliphatic rings. The Bertz CT molecular complexity index is 672. The van der Waals surface area contributed by atoms with Crippen LogP contribution in [0.5, 0.6) is 0 Å². The molecule has 0 aromatic heterocycles. The molecule has 1 unspecified atom stereocenters. The lowest BCUT2D eigenvalue weighted by molar-refractivity contribution is -0.199. The fourth-order valence-corrected chi connectivity index (χ4v) is 2.93. The molecule has 200 valence electrons. The summed E-state index contributed by atoms with van der Waals surface area (Å²) >= 11 is 0. The minimum Gasteiger partial charge on any atom is -0.382 e. The summed E-state index contributed by atoms with van der Waals surface area (Å²) in [5.74, 6) is -2.71. The number of hydrogen-bond donors (Lipinski definition) is 2. The molecule has 0 aliphatic carbocycles. The zero-order valence-electron chi connectivity index (χ0n) is 20.5. The van der Waals surface area contributed by atoms with Gasteiger partial charge in [-0.3, -0.25) is 19.2 Å². The topological polar surface area (TPSA) is 159 Å². The highest BCUT2D eigenvalue weighted by molar-refractivity contribution is 6.01. The van der Waals surface area contributed by atoms with E-state index in [-0.39, 0.29) is 51.2 Å². The van der Waals surface area contributed by atoms with Crippen LogP contribution < -0.4 is 10.6 Å². The van der Waals surface area contributed by atoms with E-state index in [1.165, 1.54) is 7.11 Å². The average Bonchev–Trinajstić information content (AvgIpc) is 3.14. The van der Waals surface area contributed by atoms with Gasteiger partial charge in [0.2, 0.25) is 11.8 Å². The van der Waals surface area contributed by atoms with Crippen molar-refractivity contribution >= 4 is 29.6 Å². The molecule has 2 N–H and O–H groups in total. The predicted octanol–water partition coefficient (Wildman–Crippen LogP) is -0.529. The van der Waals surface area contributed by atoms with Crippen LogP contribution in [0.3, 0.4) is 0 Å². The largest absolute Gasteiger partial charge is 0.382 e. The highest BCUT2D eigenvalue weighted by Gasteiger charge is 2.35. The summed E-state index contributed by atoms with van der Waals surface area (Å²) in [6, 6.07) is -1.06. The molecule has 13 nitrogen and oxygen atoms in total. The van der Waals surface area contributed by atoms with Gasteiger partial charge in [0, 0.05) is 46.4 Å². The van der Waals surface area contributed by atoms with Crippen LogP contribution in [-0.2, 0) is 47.8 Å². The zero-order valence-corrected chi connectivity index (χ0v) is 20.5. The summed E-state index contributed by atoms with van der Waals surface area (Å²) in [6.07, 6.45) is 1.38. The monoisotopic (exact) mass is 503 g/mol. The first-order valence-corrected chi connectivity index (χ1v) is 11.7. The molecule has 0 aromatic rings. The standard InChI is InChI=1S/C22H37N3O10/c1-31-13-15-33-11-8-18(26)23-10-4-3-5-17(24-19(27)9-12-34-16-14-32-2)22(30)35-25-20(28)6-7-21(25)29/h17H,3-16H2,1-2H3,(H,23,26)(H,24,27). The van der Waals surface area contributed by atoms with E-state index in [2.05, 4.69) is 10.6 Å². The van der Waals surface area contributed by atoms with Gasteiger partial charge in [-0.05, 0) is 19.3 Å². The molecule has 4 amide bonds. The number of ether oxygens (including phenoxy) is 4. The van der Waals surface area contributed by atoms with Gasteiger partial charge in [-0.2, -0.15) is 0 Å². The summed E-state index contributed by atoms with van der Waals surface area (Å²) in [4.78, 5) is 65.1. The van der Waals surface area contributed by atoms with Gasteiger partial charge in [0.15, 0.2) is 0 Å². The first-order chi connectivity index (χ1) is 16.9. The normalized spacial score (nSPS) is 14.2. The van der Waals surface area contributed by atoms with Gasteiger partial charge < -0.3 is 34.4 Å². The van der Waals surface area contributed by atoms with Gasteiger partial charge in [-0.25, -0.2) is 4.79 Å². The number of hydrogen-bond acceptors (Lipinski definition) is 10. The quantitative estimate of drug-likeness (QED) is 0.163. The third-order valence-electron chi connectivity index (χ3n) is 4.86. The van der Waals surface area contributed by atoms with E-state index in [1.807, 2.05) is 0 Å². The average molecular weight is 504 g/mol. The van der Waals surface area contributed by atoms with Crippen LogP contribution in [0, 0.1) is 0 Å². The van der Waals surface area contributed by atoms with Gasteiger partial charge in [0.1, 0.15) is 6.04 Å². The van der Waals surface area contributed by atoms with Crippen LogP contribution in [0.1, 0.15) is 44.9 Å². The van der Waals surface area contributed by atoms with E-state index >= 15 is 0 Å². The number of carbonyl (C=O) groups excluding carboxylic acids is 5.